The van der Waals surface area contributed by atoms with Crippen molar-refractivity contribution in [2.45, 2.75) is 124 Å². The van der Waals surface area contributed by atoms with Crippen molar-refractivity contribution in [3.63, 3.8) is 0 Å². The van der Waals surface area contributed by atoms with Crippen molar-refractivity contribution < 1.29 is 9.47 Å². The number of rotatable bonds is 28. The molecule has 0 radical (unpaired) electrons. The topological polar surface area (TPSA) is 101 Å². The molecule has 74 heavy (non-hydrogen) atoms. The van der Waals surface area contributed by atoms with E-state index >= 15 is 0 Å². The van der Waals surface area contributed by atoms with Gasteiger partial charge in [0.05, 0.1) is 49.4 Å². The third-order valence-electron chi connectivity index (χ3n) is 13.4. The number of hydrogen-bond acceptors (Lipinski definition) is 9. The Bertz CT molecular complexity index is 2880. The second-order valence-corrected chi connectivity index (χ2v) is 19.0. The standard InChI is InChI=1S/C64H74N8O2/c1-5-9-11-13-15-17-19-49-21-29-53(30-22-49)55-33-37-57(38-34-55)61-47-71(65-45-51-25-41-59(42-26-51)73-7-3)63(67-61)69-70-64-68-62(48-72(64)66-46-52-27-43-60(44-28-52)74-8-4)58-39-35-56(36-40-58)54-31-23-50(24-32-54)20-18-16-14-12-10-6-2/h21-48,63,67H,5-20H2,1-4H3. The molecule has 8 rings (SSSR count). The molecule has 1 N–H and O–H groups in total. The summed E-state index contributed by atoms with van der Waals surface area (Å²) in [5.41, 5.74) is 12.8. The molecule has 10 heteroatoms. The molecular weight excluding hydrogens is 913 g/mol. The average molecular weight is 987 g/mol. The molecule has 1 aromatic heterocycles. The summed E-state index contributed by atoms with van der Waals surface area (Å²) in [4.78, 5) is 5.00. The maximum atomic E-state index is 5.68. The summed E-state index contributed by atoms with van der Waals surface area (Å²) in [7, 11) is 0. The van der Waals surface area contributed by atoms with E-state index in [0.29, 0.717) is 19.2 Å². The van der Waals surface area contributed by atoms with Crippen LogP contribution in [0.2, 0.25) is 0 Å². The number of nitrogens with zero attached hydrogens (tertiary/aromatic N) is 7. The fourth-order valence-electron chi connectivity index (χ4n) is 9.06. The van der Waals surface area contributed by atoms with Crippen LogP contribution >= 0.6 is 0 Å². The molecule has 1 aliphatic rings. The molecule has 0 saturated carbocycles. The lowest BCUT2D eigenvalue weighted by molar-refractivity contribution is 0.293. The van der Waals surface area contributed by atoms with Crippen molar-refractivity contribution in [1.29, 1.82) is 0 Å². The molecule has 10 nitrogen and oxygen atoms in total. The normalized spacial score (nSPS) is 13.6. The first-order valence-corrected chi connectivity index (χ1v) is 27.2. The van der Waals surface area contributed by atoms with Gasteiger partial charge in [-0.25, -0.2) is 14.7 Å². The first kappa shape index (κ1) is 52.7. The highest BCUT2D eigenvalue weighted by atomic mass is 16.5. The van der Waals surface area contributed by atoms with Gasteiger partial charge in [-0.2, -0.15) is 10.2 Å². The summed E-state index contributed by atoms with van der Waals surface area (Å²) >= 11 is 0. The fraction of sp³-hybridized carbons (Fsp3) is 0.328. The summed E-state index contributed by atoms with van der Waals surface area (Å²) in [5, 5.41) is 24.7. The van der Waals surface area contributed by atoms with E-state index in [1.807, 2.05) is 81.0 Å². The van der Waals surface area contributed by atoms with Crippen LogP contribution in [0.15, 0.2) is 178 Å². The Kier molecular flexibility index (Phi) is 20.0. The van der Waals surface area contributed by atoms with Crippen molar-refractivity contribution in [3.8, 4) is 45.0 Å². The monoisotopic (exact) mass is 987 g/mol. The molecule has 0 aliphatic carbocycles. The quantitative estimate of drug-likeness (QED) is 0.0299. The van der Waals surface area contributed by atoms with E-state index in [1.165, 1.54) is 99.3 Å². The summed E-state index contributed by atoms with van der Waals surface area (Å²) in [6.45, 7) is 9.70. The zero-order valence-electron chi connectivity index (χ0n) is 44.0. The molecule has 1 atom stereocenters. The number of hydrazone groups is 1. The van der Waals surface area contributed by atoms with Gasteiger partial charge in [0.25, 0.3) is 5.95 Å². The Hall–Kier alpha value is -7.59. The Morgan fingerprint density at radius 1 is 0.486 bits per heavy atom. The van der Waals surface area contributed by atoms with Gasteiger partial charge in [0, 0.05) is 5.56 Å². The number of imidazole rings is 1. The number of benzene rings is 6. The van der Waals surface area contributed by atoms with Gasteiger partial charge in [-0.1, -0.05) is 175 Å². The van der Waals surface area contributed by atoms with Gasteiger partial charge in [-0.15, -0.1) is 10.2 Å². The van der Waals surface area contributed by atoms with Crippen molar-refractivity contribution in [2.24, 2.45) is 20.4 Å². The molecular formula is C64H74N8O2. The molecule has 0 saturated heterocycles. The minimum Gasteiger partial charge on any atom is -0.494 e. The molecule has 0 spiro atoms. The minimum absolute atomic E-state index is 0.320. The zero-order chi connectivity index (χ0) is 51.2. The fourth-order valence-corrected chi connectivity index (χ4v) is 9.06. The van der Waals surface area contributed by atoms with E-state index < -0.39 is 6.29 Å². The van der Waals surface area contributed by atoms with Crippen LogP contribution in [0.4, 0.5) is 5.95 Å². The van der Waals surface area contributed by atoms with Crippen LogP contribution in [0.5, 0.6) is 11.5 Å². The Labute approximate surface area is 440 Å². The van der Waals surface area contributed by atoms with Crippen LogP contribution in [0, 0.1) is 0 Å². The lowest BCUT2D eigenvalue weighted by Gasteiger charge is -2.15. The SMILES string of the molecule is CCCCCCCCc1ccc(-c2ccc(C3=CN(N=Cc4ccc(OCC)cc4)C(N=Nc4nc(-c5ccc(-c6ccc(CCCCCCCC)cc6)cc5)cn4N=Cc4ccc(OCC)cc4)N3)cc2)cc1. The summed E-state index contributed by atoms with van der Waals surface area (Å²) in [5.74, 6) is 1.94. The van der Waals surface area contributed by atoms with Crippen LogP contribution in [0.1, 0.15) is 133 Å². The van der Waals surface area contributed by atoms with Gasteiger partial charge in [0.15, 0.2) is 0 Å². The van der Waals surface area contributed by atoms with Gasteiger partial charge in [0.2, 0.25) is 6.29 Å². The number of ether oxygens (including phenoxy) is 2. The number of aryl methyl sites for hydroxylation is 2. The van der Waals surface area contributed by atoms with E-state index in [-0.39, 0.29) is 0 Å². The zero-order valence-corrected chi connectivity index (χ0v) is 44.0. The lowest BCUT2D eigenvalue weighted by Crippen LogP contribution is -2.30. The third-order valence-corrected chi connectivity index (χ3v) is 13.4. The summed E-state index contributed by atoms with van der Waals surface area (Å²) in [6, 6.07) is 50.9. The van der Waals surface area contributed by atoms with Crippen molar-refractivity contribution in [2.75, 3.05) is 13.2 Å². The van der Waals surface area contributed by atoms with Crippen molar-refractivity contribution in [1.82, 2.24) is 20.0 Å². The molecule has 0 amide bonds. The molecule has 0 fully saturated rings. The van der Waals surface area contributed by atoms with Crippen LogP contribution in [0.3, 0.4) is 0 Å². The Morgan fingerprint density at radius 3 is 1.41 bits per heavy atom. The third kappa shape index (κ3) is 15.5. The summed E-state index contributed by atoms with van der Waals surface area (Å²) < 4.78 is 13.0. The molecule has 0 bridgehead atoms. The van der Waals surface area contributed by atoms with E-state index in [9.17, 15) is 0 Å². The largest absolute Gasteiger partial charge is 0.494 e. The van der Waals surface area contributed by atoms with Crippen LogP contribution in [-0.4, -0.2) is 46.6 Å². The molecule has 382 valence electrons. The molecule has 7 aromatic rings. The number of hydrogen-bond donors (Lipinski definition) is 1. The highest BCUT2D eigenvalue weighted by Crippen LogP contribution is 2.30. The first-order chi connectivity index (χ1) is 36.5. The van der Waals surface area contributed by atoms with Crippen molar-refractivity contribution >= 4 is 24.1 Å². The molecule has 1 aliphatic heterocycles. The van der Waals surface area contributed by atoms with E-state index in [2.05, 4.69) is 116 Å². The van der Waals surface area contributed by atoms with Crippen molar-refractivity contribution in [3.05, 3.63) is 186 Å². The average Bonchev–Trinajstić information content (AvgIpc) is 4.06. The number of nitrogens with one attached hydrogen (secondary N) is 1. The number of azo groups is 1. The van der Waals surface area contributed by atoms with Crippen LogP contribution < -0.4 is 14.8 Å². The number of aromatic nitrogens is 2. The van der Waals surface area contributed by atoms with Crippen LogP contribution in [0.25, 0.3) is 39.2 Å². The maximum Gasteiger partial charge on any atom is 0.270 e. The van der Waals surface area contributed by atoms with Gasteiger partial charge in [-0.05, 0) is 138 Å². The molecule has 6 aromatic carbocycles. The smallest absolute Gasteiger partial charge is 0.270 e. The van der Waals surface area contributed by atoms with E-state index in [4.69, 9.17) is 34.9 Å². The highest BCUT2D eigenvalue weighted by Gasteiger charge is 2.25. The molecule has 1 unspecified atom stereocenters. The highest BCUT2D eigenvalue weighted by molar-refractivity contribution is 5.81. The van der Waals surface area contributed by atoms with Gasteiger partial charge in [0.1, 0.15) is 11.5 Å². The first-order valence-electron chi connectivity index (χ1n) is 27.2. The van der Waals surface area contributed by atoms with E-state index in [1.54, 1.807) is 15.9 Å². The van der Waals surface area contributed by atoms with Gasteiger partial charge >= 0.3 is 0 Å². The van der Waals surface area contributed by atoms with Crippen LogP contribution in [-0.2, 0) is 12.8 Å². The maximum absolute atomic E-state index is 5.68. The minimum atomic E-state index is -0.678. The molecule has 2 heterocycles. The second-order valence-electron chi connectivity index (χ2n) is 19.0. The van der Waals surface area contributed by atoms with Gasteiger partial charge < -0.3 is 14.8 Å². The number of unbranched alkanes of at least 4 members (excludes halogenated alkanes) is 10. The Balaban J connectivity index is 1.01. The Morgan fingerprint density at radius 2 is 0.919 bits per heavy atom. The second kappa shape index (κ2) is 28.0. The predicted molar refractivity (Wildman–Crippen MR) is 306 cm³/mol. The summed E-state index contributed by atoms with van der Waals surface area (Å²) in [6.07, 6.45) is 24.7. The lowest BCUT2D eigenvalue weighted by atomic mass is 9.99. The predicted octanol–water partition coefficient (Wildman–Crippen LogP) is 16.7. The van der Waals surface area contributed by atoms with Gasteiger partial charge in [-0.3, -0.25) is 0 Å². The van der Waals surface area contributed by atoms with E-state index in [0.717, 1.165) is 69.1 Å².